The summed E-state index contributed by atoms with van der Waals surface area (Å²) in [6.07, 6.45) is 14.4. The molecule has 0 amide bonds. The topological polar surface area (TPSA) is 3.24 Å². The average molecular weight is 257 g/mol. The molecule has 0 aromatic rings. The van der Waals surface area contributed by atoms with Gasteiger partial charge in [0.25, 0.3) is 0 Å². The van der Waals surface area contributed by atoms with Gasteiger partial charge in [0.1, 0.15) is 0 Å². The van der Waals surface area contributed by atoms with Gasteiger partial charge in [-0.2, -0.15) is 0 Å². The van der Waals surface area contributed by atoms with E-state index in [0.717, 1.165) is 18.8 Å². The fourth-order valence-electron chi connectivity index (χ4n) is 2.93. The normalized spacial score (nSPS) is 26.6. The van der Waals surface area contributed by atoms with Crippen LogP contribution >= 0.6 is 0 Å². The van der Waals surface area contributed by atoms with Crippen molar-refractivity contribution in [3.05, 3.63) is 23.8 Å². The fraction of sp³-hybridized carbons (Fsp3) is 0.667. The van der Waals surface area contributed by atoms with Crippen LogP contribution in [0.4, 0.5) is 0 Å². The van der Waals surface area contributed by atoms with Gasteiger partial charge in [-0.15, -0.1) is 11.8 Å². The van der Waals surface area contributed by atoms with Crippen molar-refractivity contribution in [1.82, 2.24) is 4.90 Å². The van der Waals surface area contributed by atoms with Crippen molar-refractivity contribution in [3.8, 4) is 11.8 Å². The Morgan fingerprint density at radius 3 is 3.05 bits per heavy atom. The SMILES string of the molecule is CC1=CCC(CN(C)CCC2CC#CCCC2)C=C1. The molecule has 1 nitrogen and oxygen atoms in total. The maximum Gasteiger partial charge on any atom is 0.0117 e. The zero-order valence-corrected chi connectivity index (χ0v) is 12.5. The van der Waals surface area contributed by atoms with E-state index in [0.29, 0.717) is 5.92 Å². The first-order valence-corrected chi connectivity index (χ1v) is 7.73. The summed E-state index contributed by atoms with van der Waals surface area (Å²) in [7, 11) is 2.27. The van der Waals surface area contributed by atoms with Crippen molar-refractivity contribution >= 4 is 0 Å². The zero-order chi connectivity index (χ0) is 13.5. The average Bonchev–Trinajstić information content (AvgIpc) is 2.68. The van der Waals surface area contributed by atoms with Crippen LogP contribution < -0.4 is 0 Å². The van der Waals surface area contributed by atoms with Gasteiger partial charge < -0.3 is 4.90 Å². The first-order chi connectivity index (χ1) is 9.24. The van der Waals surface area contributed by atoms with Gasteiger partial charge in [-0.1, -0.05) is 23.8 Å². The smallest absolute Gasteiger partial charge is 0.0117 e. The molecule has 0 bridgehead atoms. The van der Waals surface area contributed by atoms with Crippen molar-refractivity contribution in [3.63, 3.8) is 0 Å². The third kappa shape index (κ3) is 5.25. The highest BCUT2D eigenvalue weighted by molar-refractivity contribution is 5.21. The Hall–Kier alpha value is -1.00. The van der Waals surface area contributed by atoms with Crippen LogP contribution in [0.3, 0.4) is 0 Å². The molecule has 0 saturated carbocycles. The first kappa shape index (κ1) is 14.4. The molecule has 0 aromatic heterocycles. The third-order valence-corrected chi connectivity index (χ3v) is 4.27. The van der Waals surface area contributed by atoms with Gasteiger partial charge >= 0.3 is 0 Å². The summed E-state index contributed by atoms with van der Waals surface area (Å²) in [5.41, 5.74) is 1.41. The molecule has 0 spiro atoms. The summed E-state index contributed by atoms with van der Waals surface area (Å²) in [5.74, 6) is 8.12. The largest absolute Gasteiger partial charge is 0.306 e. The molecule has 104 valence electrons. The van der Waals surface area contributed by atoms with Crippen molar-refractivity contribution in [2.75, 3.05) is 20.1 Å². The van der Waals surface area contributed by atoms with Crippen LogP contribution in [-0.4, -0.2) is 25.0 Å². The molecule has 0 radical (unpaired) electrons. The molecule has 0 N–H and O–H groups in total. The molecule has 0 aromatic carbocycles. The summed E-state index contributed by atoms with van der Waals surface area (Å²) in [4.78, 5) is 2.50. The van der Waals surface area contributed by atoms with Gasteiger partial charge in [-0.05, 0) is 58.0 Å². The molecule has 0 saturated heterocycles. The van der Waals surface area contributed by atoms with Gasteiger partial charge in [0.15, 0.2) is 0 Å². The van der Waals surface area contributed by atoms with Crippen LogP contribution in [0.25, 0.3) is 0 Å². The highest BCUT2D eigenvalue weighted by Crippen LogP contribution is 2.20. The van der Waals surface area contributed by atoms with Crippen molar-refractivity contribution in [1.29, 1.82) is 0 Å². The molecule has 0 aliphatic heterocycles. The van der Waals surface area contributed by atoms with Crippen LogP contribution in [0.15, 0.2) is 23.8 Å². The number of allylic oxidation sites excluding steroid dienone is 3. The summed E-state index contributed by atoms with van der Waals surface area (Å²) < 4.78 is 0. The van der Waals surface area contributed by atoms with Crippen molar-refractivity contribution in [2.45, 2.75) is 45.4 Å². The molecule has 19 heavy (non-hydrogen) atoms. The van der Waals surface area contributed by atoms with E-state index in [4.69, 9.17) is 0 Å². The predicted octanol–water partition coefficient (Wildman–Crippen LogP) is 4.02. The second kappa shape index (κ2) is 7.56. The van der Waals surface area contributed by atoms with Crippen LogP contribution in [0, 0.1) is 23.7 Å². The second-order valence-corrected chi connectivity index (χ2v) is 6.17. The Morgan fingerprint density at radius 2 is 2.26 bits per heavy atom. The summed E-state index contributed by atoms with van der Waals surface area (Å²) in [6.45, 7) is 4.60. The van der Waals surface area contributed by atoms with Crippen molar-refractivity contribution in [2.24, 2.45) is 11.8 Å². The van der Waals surface area contributed by atoms with E-state index >= 15 is 0 Å². The molecule has 2 atom stereocenters. The maximum atomic E-state index is 3.32. The molecule has 0 fully saturated rings. The molecule has 2 aliphatic rings. The monoisotopic (exact) mass is 257 g/mol. The van der Waals surface area contributed by atoms with E-state index in [1.807, 2.05) is 0 Å². The van der Waals surface area contributed by atoms with E-state index < -0.39 is 0 Å². The van der Waals surface area contributed by atoms with E-state index in [9.17, 15) is 0 Å². The van der Waals surface area contributed by atoms with E-state index in [1.165, 1.54) is 44.3 Å². The molecule has 0 heterocycles. The minimum absolute atomic E-state index is 0.711. The lowest BCUT2D eigenvalue weighted by atomic mass is 9.95. The van der Waals surface area contributed by atoms with Crippen LogP contribution in [0.5, 0.6) is 0 Å². The Morgan fingerprint density at radius 1 is 1.37 bits per heavy atom. The minimum Gasteiger partial charge on any atom is -0.306 e. The third-order valence-electron chi connectivity index (χ3n) is 4.27. The number of rotatable bonds is 5. The molecular formula is C18H27N. The quantitative estimate of drug-likeness (QED) is 0.672. The molecule has 2 unspecified atom stereocenters. The van der Waals surface area contributed by atoms with Crippen LogP contribution in [0.2, 0.25) is 0 Å². The van der Waals surface area contributed by atoms with E-state index in [2.05, 4.69) is 48.9 Å². The summed E-state index contributed by atoms with van der Waals surface area (Å²) in [6, 6.07) is 0. The Labute approximate surface area is 118 Å². The first-order valence-electron chi connectivity index (χ1n) is 7.73. The zero-order valence-electron chi connectivity index (χ0n) is 12.5. The van der Waals surface area contributed by atoms with Gasteiger partial charge in [-0.25, -0.2) is 0 Å². The Balaban J connectivity index is 1.66. The molecule has 1 heteroatoms. The van der Waals surface area contributed by atoms with Crippen LogP contribution in [-0.2, 0) is 0 Å². The summed E-state index contributed by atoms with van der Waals surface area (Å²) >= 11 is 0. The van der Waals surface area contributed by atoms with E-state index in [1.54, 1.807) is 0 Å². The fourth-order valence-corrected chi connectivity index (χ4v) is 2.93. The molecule has 2 aliphatic carbocycles. The number of nitrogens with zero attached hydrogens (tertiary/aromatic N) is 1. The minimum atomic E-state index is 0.711. The standard InChI is InChI=1S/C18H27N/c1-16-9-11-18(12-10-16)15-19(2)14-13-17-7-5-3-4-6-8-17/h9-11,17-18H,3,5,7-8,12-15H2,1-2H3. The van der Waals surface area contributed by atoms with Gasteiger partial charge in [0, 0.05) is 19.4 Å². The lowest BCUT2D eigenvalue weighted by Crippen LogP contribution is -2.27. The number of hydrogen-bond donors (Lipinski definition) is 0. The maximum absolute atomic E-state index is 3.32. The molecule has 2 rings (SSSR count). The van der Waals surface area contributed by atoms with Crippen molar-refractivity contribution < 1.29 is 0 Å². The lowest BCUT2D eigenvalue weighted by molar-refractivity contribution is 0.270. The van der Waals surface area contributed by atoms with Gasteiger partial charge in [-0.3, -0.25) is 0 Å². The second-order valence-electron chi connectivity index (χ2n) is 6.17. The molecular weight excluding hydrogens is 230 g/mol. The Kier molecular flexibility index (Phi) is 5.73. The van der Waals surface area contributed by atoms with Gasteiger partial charge in [0.05, 0.1) is 0 Å². The highest BCUT2D eigenvalue weighted by atomic mass is 15.1. The van der Waals surface area contributed by atoms with Crippen LogP contribution in [0.1, 0.15) is 45.4 Å². The summed E-state index contributed by atoms with van der Waals surface area (Å²) in [5, 5.41) is 0. The van der Waals surface area contributed by atoms with E-state index in [-0.39, 0.29) is 0 Å². The predicted molar refractivity (Wildman–Crippen MR) is 82.9 cm³/mol. The van der Waals surface area contributed by atoms with Gasteiger partial charge in [0.2, 0.25) is 0 Å². The lowest BCUT2D eigenvalue weighted by Gasteiger charge is -2.24. The number of hydrogen-bond acceptors (Lipinski definition) is 1. The highest BCUT2D eigenvalue weighted by Gasteiger charge is 2.13. The Bertz CT molecular complexity index is 394.